The monoisotopic (exact) mass is 301 g/mol. The highest BCUT2D eigenvalue weighted by Crippen LogP contribution is 2.34. The van der Waals surface area contributed by atoms with Gasteiger partial charge in [0, 0.05) is 12.5 Å². The summed E-state index contributed by atoms with van der Waals surface area (Å²) in [4.78, 5) is 2.29. The molecule has 2 nitrogen and oxygen atoms in total. The molecule has 0 radical (unpaired) electrons. The molecular formula is C16H22F3NO. The minimum absolute atomic E-state index is 0.0488. The van der Waals surface area contributed by atoms with E-state index in [4.69, 9.17) is 0 Å². The van der Waals surface area contributed by atoms with Crippen molar-refractivity contribution in [2.24, 2.45) is 5.92 Å². The van der Waals surface area contributed by atoms with Gasteiger partial charge < -0.3 is 10.0 Å². The first kappa shape index (κ1) is 16.3. The van der Waals surface area contributed by atoms with E-state index in [0.29, 0.717) is 5.56 Å². The van der Waals surface area contributed by atoms with Crippen LogP contribution in [0.15, 0.2) is 24.3 Å². The van der Waals surface area contributed by atoms with Gasteiger partial charge in [-0.15, -0.1) is 0 Å². The molecule has 2 unspecified atom stereocenters. The lowest BCUT2D eigenvalue weighted by Gasteiger charge is -2.33. The molecule has 1 heterocycles. The van der Waals surface area contributed by atoms with Crippen molar-refractivity contribution < 1.29 is 18.3 Å². The first-order chi connectivity index (χ1) is 9.71. The normalized spacial score (nSPS) is 21.2. The molecule has 1 aliphatic rings. The van der Waals surface area contributed by atoms with Gasteiger partial charge in [-0.3, -0.25) is 0 Å². The zero-order chi connectivity index (χ0) is 15.7. The largest absolute Gasteiger partial charge is 0.416 e. The second-order valence-electron chi connectivity index (χ2n) is 6.13. The zero-order valence-corrected chi connectivity index (χ0v) is 12.5. The third kappa shape index (κ3) is 3.77. The molecule has 1 aliphatic heterocycles. The number of hydrogen-bond acceptors (Lipinski definition) is 2. The van der Waals surface area contributed by atoms with Crippen LogP contribution in [0.1, 0.15) is 37.8 Å². The predicted octanol–water partition coefficient (Wildman–Crippen LogP) is 3.64. The summed E-state index contributed by atoms with van der Waals surface area (Å²) in [6, 6.07) is 4.82. The van der Waals surface area contributed by atoms with Crippen LogP contribution in [0.3, 0.4) is 0 Å². The van der Waals surface area contributed by atoms with Gasteiger partial charge in [0.25, 0.3) is 0 Å². The molecule has 1 fully saturated rings. The minimum atomic E-state index is -4.34. The number of nitrogens with zero attached hydrogens (tertiary/aromatic N) is 1. The molecule has 1 aromatic rings. The van der Waals surface area contributed by atoms with Crippen LogP contribution >= 0.6 is 0 Å². The Balaban J connectivity index is 2.10. The summed E-state index contributed by atoms with van der Waals surface area (Å²) in [6.45, 7) is 6.45. The fourth-order valence-electron chi connectivity index (χ4n) is 2.81. The Kier molecular flexibility index (Phi) is 4.63. The van der Waals surface area contributed by atoms with Gasteiger partial charge in [0.2, 0.25) is 0 Å². The lowest BCUT2D eigenvalue weighted by molar-refractivity contribution is -0.137. The average molecular weight is 301 g/mol. The fourth-order valence-corrected chi connectivity index (χ4v) is 2.81. The summed E-state index contributed by atoms with van der Waals surface area (Å²) in [5, 5.41) is 10.7. The number of alkyl halides is 3. The quantitative estimate of drug-likeness (QED) is 0.917. The SMILES string of the molecule is CC(CN1CCCC1)C(C)(O)c1ccc(C(F)(F)F)cc1. The zero-order valence-electron chi connectivity index (χ0n) is 12.5. The van der Waals surface area contributed by atoms with Crippen LogP contribution in [-0.4, -0.2) is 29.6 Å². The first-order valence-corrected chi connectivity index (χ1v) is 7.33. The van der Waals surface area contributed by atoms with Crippen LogP contribution in [-0.2, 0) is 11.8 Å². The highest BCUT2D eigenvalue weighted by Gasteiger charge is 2.34. The van der Waals surface area contributed by atoms with Crippen molar-refractivity contribution in [3.63, 3.8) is 0 Å². The van der Waals surface area contributed by atoms with Crippen molar-refractivity contribution in [1.82, 2.24) is 4.90 Å². The van der Waals surface area contributed by atoms with Gasteiger partial charge >= 0.3 is 6.18 Å². The Morgan fingerprint density at radius 3 is 2.05 bits per heavy atom. The molecule has 1 saturated heterocycles. The Bertz CT molecular complexity index is 461. The molecule has 2 rings (SSSR count). The summed E-state index contributed by atoms with van der Waals surface area (Å²) in [5.41, 5.74) is -1.29. The second kappa shape index (κ2) is 5.97. The summed E-state index contributed by atoms with van der Waals surface area (Å²) >= 11 is 0. The van der Waals surface area contributed by atoms with E-state index in [-0.39, 0.29) is 5.92 Å². The molecule has 0 aliphatic carbocycles. The van der Waals surface area contributed by atoms with E-state index in [2.05, 4.69) is 4.90 Å². The number of likely N-dealkylation sites (tertiary alicyclic amines) is 1. The Labute approximate surface area is 123 Å². The van der Waals surface area contributed by atoms with E-state index >= 15 is 0 Å². The van der Waals surface area contributed by atoms with E-state index in [1.165, 1.54) is 25.0 Å². The number of rotatable bonds is 4. The van der Waals surface area contributed by atoms with Crippen LogP contribution in [0.5, 0.6) is 0 Å². The van der Waals surface area contributed by atoms with E-state index in [1.54, 1.807) is 6.92 Å². The minimum Gasteiger partial charge on any atom is -0.385 e. The number of benzene rings is 1. The van der Waals surface area contributed by atoms with Crippen LogP contribution in [0, 0.1) is 5.92 Å². The maximum absolute atomic E-state index is 12.6. The molecular weight excluding hydrogens is 279 g/mol. The third-order valence-electron chi connectivity index (χ3n) is 4.49. The molecule has 118 valence electrons. The molecule has 5 heteroatoms. The summed E-state index contributed by atoms with van der Waals surface area (Å²) < 4.78 is 37.7. The number of halogens is 3. The van der Waals surface area contributed by atoms with Crippen molar-refractivity contribution in [1.29, 1.82) is 0 Å². The average Bonchev–Trinajstić information content (AvgIpc) is 2.90. The first-order valence-electron chi connectivity index (χ1n) is 7.33. The molecule has 0 spiro atoms. The molecule has 1 N–H and O–H groups in total. The smallest absolute Gasteiger partial charge is 0.385 e. The van der Waals surface area contributed by atoms with Gasteiger partial charge in [0.05, 0.1) is 11.2 Å². The molecule has 0 saturated carbocycles. The fraction of sp³-hybridized carbons (Fsp3) is 0.625. The van der Waals surface area contributed by atoms with Crippen LogP contribution in [0.2, 0.25) is 0 Å². The van der Waals surface area contributed by atoms with Crippen molar-refractivity contribution in [3.05, 3.63) is 35.4 Å². The Morgan fingerprint density at radius 2 is 1.57 bits per heavy atom. The third-order valence-corrected chi connectivity index (χ3v) is 4.49. The number of hydrogen-bond donors (Lipinski definition) is 1. The van der Waals surface area contributed by atoms with Gasteiger partial charge in [-0.2, -0.15) is 13.2 Å². The Hall–Kier alpha value is -1.07. The summed E-state index contributed by atoms with van der Waals surface area (Å²) in [7, 11) is 0. The van der Waals surface area contributed by atoms with Crippen molar-refractivity contribution in [2.75, 3.05) is 19.6 Å². The van der Waals surface area contributed by atoms with E-state index in [0.717, 1.165) is 31.8 Å². The van der Waals surface area contributed by atoms with Crippen LogP contribution in [0.25, 0.3) is 0 Å². The Morgan fingerprint density at radius 1 is 1.10 bits per heavy atom. The molecule has 1 aromatic carbocycles. The van der Waals surface area contributed by atoms with Gasteiger partial charge in [0.1, 0.15) is 0 Å². The molecule has 0 aromatic heterocycles. The van der Waals surface area contributed by atoms with Crippen LogP contribution < -0.4 is 0 Å². The number of aliphatic hydroxyl groups is 1. The van der Waals surface area contributed by atoms with E-state index in [1.807, 2.05) is 6.92 Å². The molecule has 0 bridgehead atoms. The van der Waals surface area contributed by atoms with Gasteiger partial charge in [0.15, 0.2) is 0 Å². The topological polar surface area (TPSA) is 23.5 Å². The van der Waals surface area contributed by atoms with E-state index in [9.17, 15) is 18.3 Å². The molecule has 2 atom stereocenters. The second-order valence-corrected chi connectivity index (χ2v) is 6.13. The van der Waals surface area contributed by atoms with Gasteiger partial charge in [-0.05, 0) is 50.6 Å². The van der Waals surface area contributed by atoms with E-state index < -0.39 is 17.3 Å². The lowest BCUT2D eigenvalue weighted by Crippen LogP contribution is -2.38. The van der Waals surface area contributed by atoms with Gasteiger partial charge in [-0.1, -0.05) is 19.1 Å². The maximum Gasteiger partial charge on any atom is 0.416 e. The van der Waals surface area contributed by atoms with Crippen molar-refractivity contribution in [3.8, 4) is 0 Å². The summed E-state index contributed by atoms with van der Waals surface area (Å²) in [5.74, 6) is -0.0488. The molecule has 21 heavy (non-hydrogen) atoms. The van der Waals surface area contributed by atoms with Crippen molar-refractivity contribution >= 4 is 0 Å². The predicted molar refractivity (Wildman–Crippen MR) is 75.9 cm³/mol. The lowest BCUT2D eigenvalue weighted by atomic mass is 9.83. The maximum atomic E-state index is 12.6. The van der Waals surface area contributed by atoms with Crippen molar-refractivity contribution in [2.45, 2.75) is 38.5 Å². The standard InChI is InChI=1S/C16H22F3NO/c1-12(11-20-9-3-4-10-20)15(2,21)13-5-7-14(8-6-13)16(17,18)19/h5-8,12,21H,3-4,9-11H2,1-2H3. The van der Waals surface area contributed by atoms with Crippen LogP contribution in [0.4, 0.5) is 13.2 Å². The van der Waals surface area contributed by atoms with Gasteiger partial charge in [-0.25, -0.2) is 0 Å². The summed E-state index contributed by atoms with van der Waals surface area (Å²) in [6.07, 6.45) is -1.99. The molecule has 0 amide bonds. The highest BCUT2D eigenvalue weighted by atomic mass is 19.4. The highest BCUT2D eigenvalue weighted by molar-refractivity contribution is 5.28.